The van der Waals surface area contributed by atoms with E-state index in [0.717, 1.165) is 5.56 Å². The SMILES string of the molecule is CC(=O)N(c1ccc(F)cc1)c1c(-c2ccncc2)c(-c2ccc(F)cc2)nn1C. The average Bonchev–Trinajstić information content (AvgIpc) is 3.07. The van der Waals surface area contributed by atoms with Crippen LogP contribution in [0, 0.1) is 11.6 Å². The number of anilines is 2. The quantitative estimate of drug-likeness (QED) is 0.475. The van der Waals surface area contributed by atoms with Crippen LogP contribution < -0.4 is 4.90 Å². The Labute approximate surface area is 172 Å². The van der Waals surface area contributed by atoms with Crippen LogP contribution in [0.4, 0.5) is 20.3 Å². The number of hydrogen-bond acceptors (Lipinski definition) is 3. The number of aromatic nitrogens is 3. The highest BCUT2D eigenvalue weighted by molar-refractivity contribution is 6.04. The average molecular weight is 404 g/mol. The van der Waals surface area contributed by atoms with Crippen molar-refractivity contribution in [1.29, 1.82) is 0 Å². The fourth-order valence-electron chi connectivity index (χ4n) is 3.41. The minimum atomic E-state index is -0.395. The molecule has 7 heteroatoms. The van der Waals surface area contributed by atoms with Crippen molar-refractivity contribution in [2.45, 2.75) is 6.92 Å². The van der Waals surface area contributed by atoms with Crippen molar-refractivity contribution in [3.63, 3.8) is 0 Å². The van der Waals surface area contributed by atoms with Gasteiger partial charge >= 0.3 is 0 Å². The van der Waals surface area contributed by atoms with Gasteiger partial charge in [0.25, 0.3) is 0 Å². The van der Waals surface area contributed by atoms with Gasteiger partial charge in [-0.3, -0.25) is 19.4 Å². The molecule has 0 radical (unpaired) electrons. The van der Waals surface area contributed by atoms with Crippen LogP contribution >= 0.6 is 0 Å². The first kappa shape index (κ1) is 19.4. The first-order valence-electron chi connectivity index (χ1n) is 9.25. The Bertz CT molecular complexity index is 1190. The largest absolute Gasteiger partial charge is 0.274 e. The van der Waals surface area contributed by atoms with Crippen LogP contribution in [0.15, 0.2) is 73.1 Å². The minimum Gasteiger partial charge on any atom is -0.274 e. The molecule has 1 amide bonds. The Kier molecular flexibility index (Phi) is 5.10. The van der Waals surface area contributed by atoms with Gasteiger partial charge in [-0.15, -0.1) is 0 Å². The van der Waals surface area contributed by atoms with E-state index in [0.29, 0.717) is 28.3 Å². The molecule has 4 aromatic rings. The fraction of sp³-hybridized carbons (Fsp3) is 0.0870. The van der Waals surface area contributed by atoms with Gasteiger partial charge in [0, 0.05) is 31.9 Å². The molecule has 0 bridgehead atoms. The summed E-state index contributed by atoms with van der Waals surface area (Å²) in [5, 5.41) is 4.64. The van der Waals surface area contributed by atoms with E-state index in [9.17, 15) is 13.6 Å². The lowest BCUT2D eigenvalue weighted by molar-refractivity contribution is -0.115. The fourth-order valence-corrected chi connectivity index (χ4v) is 3.41. The smallest absolute Gasteiger partial charge is 0.229 e. The second-order valence-electron chi connectivity index (χ2n) is 6.74. The van der Waals surface area contributed by atoms with Gasteiger partial charge < -0.3 is 0 Å². The van der Waals surface area contributed by atoms with Crippen molar-refractivity contribution in [1.82, 2.24) is 14.8 Å². The zero-order chi connectivity index (χ0) is 21.3. The summed E-state index contributed by atoms with van der Waals surface area (Å²) in [4.78, 5) is 18.2. The second kappa shape index (κ2) is 7.87. The summed E-state index contributed by atoms with van der Waals surface area (Å²) in [5.74, 6) is -0.490. The number of hydrogen-bond donors (Lipinski definition) is 0. The molecule has 150 valence electrons. The molecule has 0 atom stereocenters. The molecule has 2 heterocycles. The summed E-state index contributed by atoms with van der Waals surface area (Å²) < 4.78 is 28.6. The van der Waals surface area contributed by atoms with Gasteiger partial charge in [0.15, 0.2) is 0 Å². The van der Waals surface area contributed by atoms with Crippen molar-refractivity contribution in [3.8, 4) is 22.4 Å². The van der Waals surface area contributed by atoms with Crippen LogP contribution in [-0.2, 0) is 11.8 Å². The van der Waals surface area contributed by atoms with E-state index >= 15 is 0 Å². The molecule has 4 rings (SSSR count). The van der Waals surface area contributed by atoms with Crippen LogP contribution in [0.25, 0.3) is 22.4 Å². The standard InChI is InChI=1S/C23H18F2N4O/c1-15(30)29(20-9-7-19(25)8-10-20)23-21(16-11-13-26-14-12-16)22(27-28(23)2)17-3-5-18(24)6-4-17/h3-14H,1-2H3. The molecule has 0 N–H and O–H groups in total. The molecule has 5 nitrogen and oxygen atoms in total. The summed E-state index contributed by atoms with van der Waals surface area (Å²) >= 11 is 0. The molecule has 0 spiro atoms. The molecule has 0 aliphatic carbocycles. The number of rotatable bonds is 4. The van der Waals surface area contributed by atoms with Crippen LogP contribution in [0.2, 0.25) is 0 Å². The summed E-state index contributed by atoms with van der Waals surface area (Å²) in [7, 11) is 1.73. The molecular formula is C23H18F2N4O. The predicted octanol–water partition coefficient (Wildman–Crippen LogP) is 5.11. The number of amides is 1. The van der Waals surface area contributed by atoms with Gasteiger partial charge in [-0.05, 0) is 66.2 Å². The molecular weight excluding hydrogens is 386 g/mol. The maximum Gasteiger partial charge on any atom is 0.229 e. The third-order valence-corrected chi connectivity index (χ3v) is 4.72. The Balaban J connectivity index is 2.00. The third-order valence-electron chi connectivity index (χ3n) is 4.72. The van der Waals surface area contributed by atoms with E-state index < -0.39 is 5.82 Å². The predicted molar refractivity (Wildman–Crippen MR) is 111 cm³/mol. The number of carbonyl (C=O) groups is 1. The highest BCUT2D eigenvalue weighted by atomic mass is 19.1. The number of aryl methyl sites for hydroxylation is 1. The van der Waals surface area contributed by atoms with Crippen molar-refractivity contribution < 1.29 is 13.6 Å². The molecule has 2 aromatic carbocycles. The van der Waals surface area contributed by atoms with E-state index in [1.54, 1.807) is 36.3 Å². The van der Waals surface area contributed by atoms with Gasteiger partial charge in [-0.1, -0.05) is 0 Å². The molecule has 0 aliphatic heterocycles. The van der Waals surface area contributed by atoms with Crippen LogP contribution in [0.1, 0.15) is 6.92 Å². The molecule has 2 aromatic heterocycles. The Morgan fingerprint density at radius 2 is 1.43 bits per heavy atom. The lowest BCUT2D eigenvalue weighted by Gasteiger charge is -2.23. The topological polar surface area (TPSA) is 51.0 Å². The van der Waals surface area contributed by atoms with E-state index in [4.69, 9.17) is 0 Å². The molecule has 0 unspecified atom stereocenters. The summed E-state index contributed by atoms with van der Waals surface area (Å²) in [6.45, 7) is 1.43. The highest BCUT2D eigenvalue weighted by Crippen LogP contribution is 2.41. The van der Waals surface area contributed by atoms with E-state index in [1.165, 1.54) is 48.2 Å². The number of nitrogens with zero attached hydrogens (tertiary/aromatic N) is 4. The molecule has 0 aliphatic rings. The third kappa shape index (κ3) is 3.57. The zero-order valence-corrected chi connectivity index (χ0v) is 16.4. The molecule has 0 saturated carbocycles. The monoisotopic (exact) mass is 404 g/mol. The first-order chi connectivity index (χ1) is 14.5. The summed E-state index contributed by atoms with van der Waals surface area (Å²) in [6.07, 6.45) is 3.30. The normalized spacial score (nSPS) is 10.8. The Hall–Kier alpha value is -3.87. The van der Waals surface area contributed by atoms with E-state index in [2.05, 4.69) is 10.1 Å². The molecule has 0 fully saturated rings. The summed E-state index contributed by atoms with van der Waals surface area (Å²) in [5.41, 5.74) is 3.28. The van der Waals surface area contributed by atoms with E-state index in [1.807, 2.05) is 12.1 Å². The van der Waals surface area contributed by atoms with Crippen molar-refractivity contribution in [2.75, 3.05) is 4.90 Å². The Morgan fingerprint density at radius 1 is 0.867 bits per heavy atom. The minimum absolute atomic E-state index is 0.259. The molecule has 0 saturated heterocycles. The van der Waals surface area contributed by atoms with Gasteiger partial charge in [0.2, 0.25) is 5.91 Å². The van der Waals surface area contributed by atoms with Gasteiger partial charge in [-0.25, -0.2) is 8.78 Å². The zero-order valence-electron chi connectivity index (χ0n) is 16.4. The maximum atomic E-state index is 13.5. The van der Waals surface area contributed by atoms with Crippen LogP contribution in [0.3, 0.4) is 0 Å². The summed E-state index contributed by atoms with van der Waals surface area (Å²) in [6, 6.07) is 15.3. The molecule has 30 heavy (non-hydrogen) atoms. The Morgan fingerprint density at radius 3 is 2.00 bits per heavy atom. The number of carbonyl (C=O) groups excluding carboxylic acids is 1. The van der Waals surface area contributed by atoms with Crippen LogP contribution in [0.5, 0.6) is 0 Å². The lowest BCUT2D eigenvalue weighted by atomic mass is 10.0. The van der Waals surface area contributed by atoms with Crippen molar-refractivity contribution >= 4 is 17.4 Å². The maximum absolute atomic E-state index is 13.5. The number of benzene rings is 2. The second-order valence-corrected chi connectivity index (χ2v) is 6.74. The first-order valence-corrected chi connectivity index (χ1v) is 9.25. The lowest BCUT2D eigenvalue weighted by Crippen LogP contribution is -2.25. The van der Waals surface area contributed by atoms with Crippen molar-refractivity contribution in [2.24, 2.45) is 7.05 Å². The van der Waals surface area contributed by atoms with Gasteiger partial charge in [0.1, 0.15) is 23.1 Å². The van der Waals surface area contributed by atoms with Crippen LogP contribution in [-0.4, -0.2) is 20.7 Å². The number of halogens is 2. The number of pyridine rings is 1. The van der Waals surface area contributed by atoms with Crippen molar-refractivity contribution in [3.05, 3.63) is 84.7 Å². The highest BCUT2D eigenvalue weighted by Gasteiger charge is 2.27. The van der Waals surface area contributed by atoms with E-state index in [-0.39, 0.29) is 11.7 Å². The van der Waals surface area contributed by atoms with Gasteiger partial charge in [-0.2, -0.15) is 5.10 Å². The van der Waals surface area contributed by atoms with Gasteiger partial charge in [0.05, 0.1) is 11.3 Å².